The number of carbonyl (C=O) groups is 3. The highest BCUT2D eigenvalue weighted by atomic mass is 35.5. The zero-order valence-corrected chi connectivity index (χ0v) is 17.2. The first-order chi connectivity index (χ1) is 13.9. The Morgan fingerprint density at radius 3 is 2.55 bits per heavy atom. The maximum absolute atomic E-state index is 12.6. The van der Waals surface area contributed by atoms with E-state index >= 15 is 0 Å². The Labute approximate surface area is 176 Å². The van der Waals surface area contributed by atoms with Crippen molar-refractivity contribution in [3.63, 3.8) is 0 Å². The number of imide groups is 1. The molecule has 0 saturated carbocycles. The van der Waals surface area contributed by atoms with Crippen LogP contribution in [0.15, 0.2) is 47.4 Å². The molecule has 29 heavy (non-hydrogen) atoms. The Balaban J connectivity index is 1.73. The first-order valence-electron chi connectivity index (χ1n) is 8.44. The van der Waals surface area contributed by atoms with Gasteiger partial charge in [0.25, 0.3) is 11.1 Å². The van der Waals surface area contributed by atoms with Crippen LogP contribution >= 0.6 is 23.4 Å². The second-order valence-corrected chi connectivity index (χ2v) is 7.31. The van der Waals surface area contributed by atoms with E-state index in [1.807, 2.05) is 0 Å². The van der Waals surface area contributed by atoms with E-state index in [0.717, 1.165) is 16.7 Å². The lowest BCUT2D eigenvalue weighted by Crippen LogP contribution is -2.36. The highest BCUT2D eigenvalue weighted by molar-refractivity contribution is 8.18. The van der Waals surface area contributed by atoms with Crippen LogP contribution in [0.4, 0.5) is 10.5 Å². The predicted molar refractivity (Wildman–Crippen MR) is 112 cm³/mol. The number of methoxy groups -OCH3 is 2. The number of hydrogen-bond donors (Lipinski definition) is 1. The van der Waals surface area contributed by atoms with Gasteiger partial charge in [-0.1, -0.05) is 29.8 Å². The summed E-state index contributed by atoms with van der Waals surface area (Å²) in [5, 5.41) is 2.44. The average Bonchev–Trinajstić information content (AvgIpc) is 2.97. The summed E-state index contributed by atoms with van der Waals surface area (Å²) >= 11 is 6.78. The smallest absolute Gasteiger partial charge is 0.294 e. The number of carbonyl (C=O) groups excluding carboxylic acids is 3. The molecule has 0 radical (unpaired) electrons. The maximum atomic E-state index is 12.6. The number of anilines is 1. The van der Waals surface area contributed by atoms with Crippen LogP contribution in [0.25, 0.3) is 6.08 Å². The molecule has 9 heteroatoms. The topological polar surface area (TPSA) is 84.9 Å². The van der Waals surface area contributed by atoms with E-state index in [4.69, 9.17) is 21.1 Å². The van der Waals surface area contributed by atoms with Crippen molar-refractivity contribution < 1.29 is 23.9 Å². The minimum absolute atomic E-state index is 0.216. The molecule has 1 aliphatic rings. The molecule has 1 fully saturated rings. The number of nitrogens with one attached hydrogen (secondary N) is 1. The number of hydrogen-bond acceptors (Lipinski definition) is 6. The predicted octanol–water partition coefficient (Wildman–Crippen LogP) is 4.03. The van der Waals surface area contributed by atoms with Gasteiger partial charge in [-0.3, -0.25) is 19.3 Å². The van der Waals surface area contributed by atoms with Crippen LogP contribution in [0, 0.1) is 0 Å². The molecule has 0 atom stereocenters. The van der Waals surface area contributed by atoms with E-state index in [-0.39, 0.29) is 4.91 Å². The van der Waals surface area contributed by atoms with Gasteiger partial charge >= 0.3 is 0 Å². The van der Waals surface area contributed by atoms with Crippen LogP contribution in [0.2, 0.25) is 5.02 Å². The molecule has 2 aromatic carbocycles. The lowest BCUT2D eigenvalue weighted by Gasteiger charge is -2.13. The number of halogens is 1. The number of thioether (sulfide) groups is 1. The summed E-state index contributed by atoms with van der Waals surface area (Å²) in [6.45, 7) is -0.404. The van der Waals surface area contributed by atoms with Crippen molar-refractivity contribution in [1.82, 2.24) is 4.90 Å². The minimum Gasteiger partial charge on any atom is -0.493 e. The Morgan fingerprint density at radius 2 is 1.86 bits per heavy atom. The fourth-order valence-corrected chi connectivity index (χ4v) is 3.65. The fourth-order valence-electron chi connectivity index (χ4n) is 2.63. The van der Waals surface area contributed by atoms with Gasteiger partial charge in [0.05, 0.1) is 29.8 Å². The van der Waals surface area contributed by atoms with Gasteiger partial charge in [0.15, 0.2) is 11.5 Å². The summed E-state index contributed by atoms with van der Waals surface area (Å²) in [5.74, 6) is -0.00884. The number of rotatable bonds is 6. The van der Waals surface area contributed by atoms with Gasteiger partial charge in [-0.15, -0.1) is 0 Å². The molecule has 0 aliphatic carbocycles. The summed E-state index contributed by atoms with van der Waals surface area (Å²) in [5.41, 5.74) is 1.07. The van der Waals surface area contributed by atoms with Gasteiger partial charge in [-0.05, 0) is 47.7 Å². The lowest BCUT2D eigenvalue weighted by molar-refractivity contribution is -0.127. The van der Waals surface area contributed by atoms with Crippen LogP contribution in [0.3, 0.4) is 0 Å². The third-order valence-corrected chi connectivity index (χ3v) is 5.27. The minimum atomic E-state index is -0.538. The normalized spacial score (nSPS) is 15.0. The van der Waals surface area contributed by atoms with Crippen LogP contribution < -0.4 is 14.8 Å². The monoisotopic (exact) mass is 432 g/mol. The summed E-state index contributed by atoms with van der Waals surface area (Å²) < 4.78 is 10.4. The van der Waals surface area contributed by atoms with Crippen LogP contribution in [-0.4, -0.2) is 42.7 Å². The summed E-state index contributed by atoms with van der Waals surface area (Å²) in [6, 6.07) is 11.8. The largest absolute Gasteiger partial charge is 0.493 e. The summed E-state index contributed by atoms with van der Waals surface area (Å²) in [7, 11) is 3.03. The molecule has 0 aromatic heterocycles. The molecule has 1 saturated heterocycles. The second-order valence-electron chi connectivity index (χ2n) is 5.91. The zero-order valence-electron chi connectivity index (χ0n) is 15.6. The van der Waals surface area contributed by atoms with Gasteiger partial charge in [-0.25, -0.2) is 0 Å². The maximum Gasteiger partial charge on any atom is 0.294 e. The molecule has 1 heterocycles. The van der Waals surface area contributed by atoms with Crippen molar-refractivity contribution in [3.8, 4) is 11.5 Å². The third kappa shape index (κ3) is 4.72. The fraction of sp³-hybridized carbons (Fsp3) is 0.150. The summed E-state index contributed by atoms with van der Waals surface area (Å²) in [4.78, 5) is 38.2. The molecular formula is C20H17ClN2O5S. The number of nitrogens with zero attached hydrogens (tertiary/aromatic N) is 1. The van der Waals surface area contributed by atoms with Crippen molar-refractivity contribution in [2.24, 2.45) is 0 Å². The van der Waals surface area contributed by atoms with Gasteiger partial charge in [-0.2, -0.15) is 0 Å². The molecular weight excluding hydrogens is 416 g/mol. The SMILES string of the molecule is COc1ccc(/C=C2\SC(=O)N(CC(=O)Nc3ccccc3Cl)C2=O)cc1OC. The van der Waals surface area contributed by atoms with Crippen molar-refractivity contribution >= 4 is 52.2 Å². The summed E-state index contributed by atoms with van der Waals surface area (Å²) in [6.07, 6.45) is 1.57. The Bertz CT molecular complexity index is 1010. The van der Waals surface area contributed by atoms with E-state index < -0.39 is 23.6 Å². The Morgan fingerprint density at radius 1 is 1.14 bits per heavy atom. The van der Waals surface area contributed by atoms with E-state index in [2.05, 4.69) is 5.32 Å². The van der Waals surface area contributed by atoms with Crippen molar-refractivity contribution in [1.29, 1.82) is 0 Å². The number of ether oxygens (including phenoxy) is 2. The van der Waals surface area contributed by atoms with E-state index in [1.165, 1.54) is 14.2 Å². The van der Waals surface area contributed by atoms with E-state index in [9.17, 15) is 14.4 Å². The van der Waals surface area contributed by atoms with E-state index in [1.54, 1.807) is 48.5 Å². The standard InChI is InChI=1S/C20H17ClN2O5S/c1-27-15-8-7-12(9-16(15)28-2)10-17-19(25)23(20(26)29-17)11-18(24)22-14-6-4-3-5-13(14)21/h3-10H,11H2,1-2H3,(H,22,24)/b17-10-. The third-order valence-electron chi connectivity index (χ3n) is 4.03. The number of benzene rings is 2. The molecule has 0 spiro atoms. The number of amides is 3. The van der Waals surface area contributed by atoms with Gasteiger partial charge in [0.1, 0.15) is 6.54 Å². The first-order valence-corrected chi connectivity index (χ1v) is 9.64. The molecule has 3 amide bonds. The lowest BCUT2D eigenvalue weighted by atomic mass is 10.2. The Hall–Kier alpha value is -2.97. The van der Waals surface area contributed by atoms with E-state index in [0.29, 0.717) is 27.8 Å². The molecule has 150 valence electrons. The average molecular weight is 433 g/mol. The molecule has 3 rings (SSSR count). The highest BCUT2D eigenvalue weighted by Gasteiger charge is 2.36. The van der Waals surface area contributed by atoms with Crippen LogP contribution in [0.5, 0.6) is 11.5 Å². The molecule has 1 aliphatic heterocycles. The Kier molecular flexibility index (Phi) is 6.46. The van der Waals surface area contributed by atoms with Crippen molar-refractivity contribution in [2.75, 3.05) is 26.1 Å². The highest BCUT2D eigenvalue weighted by Crippen LogP contribution is 2.34. The first kappa shape index (κ1) is 20.8. The second kappa shape index (κ2) is 9.02. The van der Waals surface area contributed by atoms with Gasteiger partial charge in [0, 0.05) is 0 Å². The van der Waals surface area contributed by atoms with Gasteiger partial charge in [0.2, 0.25) is 5.91 Å². The molecule has 2 aromatic rings. The zero-order chi connectivity index (χ0) is 21.0. The molecule has 1 N–H and O–H groups in total. The molecule has 0 bridgehead atoms. The van der Waals surface area contributed by atoms with Gasteiger partial charge < -0.3 is 14.8 Å². The molecule has 0 unspecified atom stereocenters. The molecule has 7 nitrogen and oxygen atoms in total. The van der Waals surface area contributed by atoms with Crippen molar-refractivity contribution in [3.05, 3.63) is 58.0 Å². The quantitative estimate of drug-likeness (QED) is 0.693. The van der Waals surface area contributed by atoms with Crippen molar-refractivity contribution in [2.45, 2.75) is 0 Å². The van der Waals surface area contributed by atoms with Crippen LogP contribution in [-0.2, 0) is 9.59 Å². The number of para-hydroxylation sites is 1. The van der Waals surface area contributed by atoms with Crippen LogP contribution in [0.1, 0.15) is 5.56 Å².